The fraction of sp³-hybridized carbons (Fsp3) is 0.562. The molecule has 0 aliphatic carbocycles. The number of carbonyl (C=O) groups is 1. The van der Waals surface area contributed by atoms with E-state index in [4.69, 9.17) is 5.11 Å². The lowest BCUT2D eigenvalue weighted by Gasteiger charge is -2.34. The van der Waals surface area contributed by atoms with Gasteiger partial charge in [0.1, 0.15) is 0 Å². The Balaban J connectivity index is 2.18. The lowest BCUT2D eigenvalue weighted by Crippen LogP contribution is -2.34. The monoisotopic (exact) mass is 369 g/mol. The van der Waals surface area contributed by atoms with Crippen molar-refractivity contribution in [2.75, 3.05) is 18.0 Å². The highest BCUT2D eigenvalue weighted by atomic mass is 19.4. The SMILES string of the molecule is O=C(O)CCC1CCN(c2cc(C(F)(F)F)cc(C(F)(F)F)c2)CC1. The topological polar surface area (TPSA) is 40.5 Å². The van der Waals surface area contributed by atoms with Crippen molar-refractivity contribution in [1.82, 2.24) is 0 Å². The van der Waals surface area contributed by atoms with Gasteiger partial charge in [0.05, 0.1) is 11.1 Å². The van der Waals surface area contributed by atoms with E-state index in [1.165, 1.54) is 4.90 Å². The number of carboxylic acids is 1. The van der Waals surface area contributed by atoms with Crippen LogP contribution in [0.15, 0.2) is 18.2 Å². The molecule has 1 aromatic carbocycles. The number of rotatable bonds is 4. The third kappa shape index (κ3) is 5.27. The first-order chi connectivity index (χ1) is 11.5. The second-order valence-electron chi connectivity index (χ2n) is 6.13. The zero-order valence-corrected chi connectivity index (χ0v) is 13.1. The van der Waals surface area contributed by atoms with Gasteiger partial charge in [0.2, 0.25) is 0 Å². The minimum Gasteiger partial charge on any atom is -0.481 e. The molecule has 1 aliphatic heterocycles. The minimum atomic E-state index is -4.87. The van der Waals surface area contributed by atoms with Gasteiger partial charge in [-0.25, -0.2) is 0 Å². The highest BCUT2D eigenvalue weighted by Gasteiger charge is 2.37. The molecule has 1 saturated heterocycles. The highest BCUT2D eigenvalue weighted by molar-refractivity contribution is 5.66. The molecule has 2 rings (SSSR count). The fourth-order valence-corrected chi connectivity index (χ4v) is 2.93. The molecule has 1 aromatic rings. The summed E-state index contributed by atoms with van der Waals surface area (Å²) in [7, 11) is 0. The number of halogens is 6. The number of aliphatic carboxylic acids is 1. The molecule has 0 spiro atoms. The zero-order valence-electron chi connectivity index (χ0n) is 13.1. The van der Waals surface area contributed by atoms with E-state index in [2.05, 4.69) is 0 Å². The van der Waals surface area contributed by atoms with Crippen molar-refractivity contribution in [3.8, 4) is 0 Å². The van der Waals surface area contributed by atoms with Gasteiger partial charge >= 0.3 is 18.3 Å². The first kappa shape index (κ1) is 19.4. The zero-order chi connectivity index (χ0) is 18.8. The van der Waals surface area contributed by atoms with E-state index in [0.717, 1.165) is 12.1 Å². The van der Waals surface area contributed by atoms with E-state index in [-0.39, 0.29) is 24.1 Å². The van der Waals surface area contributed by atoms with Crippen LogP contribution >= 0.6 is 0 Å². The van der Waals surface area contributed by atoms with Crippen molar-refractivity contribution in [1.29, 1.82) is 0 Å². The summed E-state index contributed by atoms with van der Waals surface area (Å²) in [5, 5.41) is 8.66. The van der Waals surface area contributed by atoms with Crippen LogP contribution in [-0.4, -0.2) is 24.2 Å². The Bertz CT molecular complexity index is 586. The van der Waals surface area contributed by atoms with Crippen molar-refractivity contribution >= 4 is 11.7 Å². The maximum Gasteiger partial charge on any atom is 0.416 e. The van der Waals surface area contributed by atoms with Crippen LogP contribution in [0, 0.1) is 5.92 Å². The summed E-state index contributed by atoms with van der Waals surface area (Å²) in [5.41, 5.74) is -2.77. The molecule has 25 heavy (non-hydrogen) atoms. The summed E-state index contributed by atoms with van der Waals surface area (Å²) in [5.74, 6) is -0.810. The van der Waals surface area contributed by atoms with Crippen molar-refractivity contribution in [2.45, 2.75) is 38.0 Å². The standard InChI is InChI=1S/C16H17F6NO2/c17-15(18,19)11-7-12(16(20,21)22)9-13(8-11)23-5-3-10(4-6-23)1-2-14(24)25/h7-10H,1-6H2,(H,24,25). The number of anilines is 1. The maximum absolute atomic E-state index is 12.9. The van der Waals surface area contributed by atoms with Crippen molar-refractivity contribution < 1.29 is 36.2 Å². The van der Waals surface area contributed by atoms with Gasteiger partial charge < -0.3 is 10.0 Å². The van der Waals surface area contributed by atoms with E-state index in [0.29, 0.717) is 32.4 Å². The third-order valence-corrected chi connectivity index (χ3v) is 4.32. The molecule has 0 unspecified atom stereocenters. The summed E-state index contributed by atoms with van der Waals surface area (Å²) in [4.78, 5) is 12.1. The normalized spacial score (nSPS) is 17.0. The molecule has 0 saturated carbocycles. The van der Waals surface area contributed by atoms with Crippen LogP contribution in [-0.2, 0) is 17.1 Å². The molecule has 1 fully saturated rings. The highest BCUT2D eigenvalue weighted by Crippen LogP contribution is 2.39. The van der Waals surface area contributed by atoms with E-state index in [1.807, 2.05) is 0 Å². The smallest absolute Gasteiger partial charge is 0.416 e. The van der Waals surface area contributed by atoms with Gasteiger partial charge in [-0.3, -0.25) is 4.79 Å². The Morgan fingerprint density at radius 2 is 1.48 bits per heavy atom. The van der Waals surface area contributed by atoms with Crippen LogP contribution in [0.25, 0.3) is 0 Å². The lowest BCUT2D eigenvalue weighted by atomic mass is 9.91. The molecule has 1 aliphatic rings. The van der Waals surface area contributed by atoms with Crippen molar-refractivity contribution in [2.24, 2.45) is 5.92 Å². The summed E-state index contributed by atoms with van der Waals surface area (Å²) >= 11 is 0. The Morgan fingerprint density at radius 3 is 1.88 bits per heavy atom. The van der Waals surface area contributed by atoms with Gasteiger partial charge in [0.25, 0.3) is 0 Å². The van der Waals surface area contributed by atoms with E-state index >= 15 is 0 Å². The average Bonchev–Trinajstić information content (AvgIpc) is 2.51. The van der Waals surface area contributed by atoms with Gasteiger partial charge in [-0.1, -0.05) is 0 Å². The number of hydrogen-bond acceptors (Lipinski definition) is 2. The van der Waals surface area contributed by atoms with Crippen LogP contribution < -0.4 is 4.90 Å². The molecular weight excluding hydrogens is 352 g/mol. The number of alkyl halides is 6. The Labute approximate surface area is 140 Å². The number of hydrogen-bond donors (Lipinski definition) is 1. The largest absolute Gasteiger partial charge is 0.481 e. The predicted octanol–water partition coefficient (Wildman–Crippen LogP) is 4.81. The summed E-state index contributed by atoms with van der Waals surface area (Å²) in [6, 6.07) is 1.57. The van der Waals surface area contributed by atoms with Crippen molar-refractivity contribution in [3.63, 3.8) is 0 Å². The quantitative estimate of drug-likeness (QED) is 0.775. The molecule has 0 radical (unpaired) electrons. The fourth-order valence-electron chi connectivity index (χ4n) is 2.93. The number of carboxylic acid groups (broad SMARTS) is 1. The lowest BCUT2D eigenvalue weighted by molar-refractivity contribution is -0.143. The Morgan fingerprint density at radius 1 is 1.00 bits per heavy atom. The summed E-state index contributed by atoms with van der Waals surface area (Å²) < 4.78 is 77.4. The third-order valence-electron chi connectivity index (χ3n) is 4.32. The predicted molar refractivity (Wildman–Crippen MR) is 78.3 cm³/mol. The van der Waals surface area contributed by atoms with Gasteiger partial charge in [0.15, 0.2) is 0 Å². The van der Waals surface area contributed by atoms with E-state index < -0.39 is 29.4 Å². The summed E-state index contributed by atoms with van der Waals surface area (Å²) in [6.07, 6.45) is -8.20. The number of benzene rings is 1. The second kappa shape index (κ2) is 7.13. The number of piperidine rings is 1. The molecule has 9 heteroatoms. The molecule has 0 bridgehead atoms. The average molecular weight is 369 g/mol. The van der Waals surface area contributed by atoms with E-state index in [9.17, 15) is 31.1 Å². The second-order valence-corrected chi connectivity index (χ2v) is 6.13. The van der Waals surface area contributed by atoms with Gasteiger partial charge in [0, 0.05) is 25.2 Å². The van der Waals surface area contributed by atoms with Gasteiger partial charge in [-0.2, -0.15) is 26.3 Å². The van der Waals surface area contributed by atoms with E-state index in [1.54, 1.807) is 0 Å². The first-order valence-corrected chi connectivity index (χ1v) is 7.73. The molecular formula is C16H17F6NO2. The molecule has 3 nitrogen and oxygen atoms in total. The molecule has 0 aromatic heterocycles. The molecule has 1 N–H and O–H groups in total. The minimum absolute atomic E-state index is 0.00640. The van der Waals surface area contributed by atoms with Crippen LogP contribution in [0.1, 0.15) is 36.8 Å². The van der Waals surface area contributed by atoms with Crippen LogP contribution in [0.5, 0.6) is 0 Å². The molecule has 0 amide bonds. The molecule has 1 heterocycles. The molecule has 0 atom stereocenters. The van der Waals surface area contributed by atoms with Gasteiger partial charge in [-0.05, 0) is 43.4 Å². The Hall–Kier alpha value is -1.93. The van der Waals surface area contributed by atoms with Gasteiger partial charge in [-0.15, -0.1) is 0 Å². The molecule has 140 valence electrons. The summed E-state index contributed by atoms with van der Waals surface area (Å²) in [6.45, 7) is 0.589. The van der Waals surface area contributed by atoms with Crippen molar-refractivity contribution in [3.05, 3.63) is 29.3 Å². The maximum atomic E-state index is 12.9. The van der Waals surface area contributed by atoms with Crippen LogP contribution in [0.4, 0.5) is 32.0 Å². The first-order valence-electron chi connectivity index (χ1n) is 7.73. The number of nitrogens with zero attached hydrogens (tertiary/aromatic N) is 1. The Kier molecular flexibility index (Phi) is 5.53. The van der Waals surface area contributed by atoms with Crippen LogP contribution in [0.3, 0.4) is 0 Å². The van der Waals surface area contributed by atoms with Crippen LogP contribution in [0.2, 0.25) is 0 Å².